The van der Waals surface area contributed by atoms with Gasteiger partial charge >= 0.3 is 0 Å². The average Bonchev–Trinajstić information content (AvgIpc) is 2.17. The predicted octanol–water partition coefficient (Wildman–Crippen LogP) is 1.56. The van der Waals surface area contributed by atoms with Gasteiger partial charge in [0.15, 0.2) is 5.82 Å². The first-order chi connectivity index (χ1) is 7.20. The maximum Gasteiger partial charge on any atom is 0.244 e. The van der Waals surface area contributed by atoms with E-state index in [1.165, 1.54) is 0 Å². The number of hydrogen-bond donors (Lipinski definition) is 1. The molecule has 1 amide bonds. The zero-order chi connectivity index (χ0) is 10.8. The van der Waals surface area contributed by atoms with Crippen LogP contribution in [0.4, 0.5) is 11.5 Å². The molecule has 1 aliphatic rings. The molecular weight excluding hydrogens is 190 g/mol. The van der Waals surface area contributed by atoms with Crippen molar-refractivity contribution in [1.29, 1.82) is 0 Å². The zero-order valence-corrected chi connectivity index (χ0v) is 9.08. The molecule has 1 aromatic rings. The molecule has 1 aromatic heterocycles. The van der Waals surface area contributed by atoms with Crippen molar-refractivity contribution in [2.75, 3.05) is 23.3 Å². The molecule has 0 saturated carbocycles. The fraction of sp³-hybridized carbons (Fsp3) is 0.455. The highest BCUT2D eigenvalue weighted by molar-refractivity contribution is 6.00. The van der Waals surface area contributed by atoms with Gasteiger partial charge < -0.3 is 10.2 Å². The van der Waals surface area contributed by atoms with Crippen molar-refractivity contribution in [3.8, 4) is 0 Å². The summed E-state index contributed by atoms with van der Waals surface area (Å²) in [4.78, 5) is 17.8. The smallest absolute Gasteiger partial charge is 0.244 e. The van der Waals surface area contributed by atoms with E-state index in [1.807, 2.05) is 24.1 Å². The molecule has 0 radical (unpaired) electrons. The second kappa shape index (κ2) is 3.88. The summed E-state index contributed by atoms with van der Waals surface area (Å²) in [6.07, 6.45) is 2.85. The summed E-state index contributed by atoms with van der Waals surface area (Å²) in [7, 11) is 0. The number of anilines is 2. The predicted molar refractivity (Wildman–Crippen MR) is 60.1 cm³/mol. The summed E-state index contributed by atoms with van der Waals surface area (Å²) < 4.78 is 0. The van der Waals surface area contributed by atoms with Gasteiger partial charge in [-0.2, -0.15) is 0 Å². The molecule has 0 unspecified atom stereocenters. The normalized spacial score (nSPS) is 14.8. The number of aryl methyl sites for hydroxylation is 1. The first-order valence-electron chi connectivity index (χ1n) is 5.22. The molecule has 15 heavy (non-hydrogen) atoms. The van der Waals surface area contributed by atoms with Crippen LogP contribution >= 0.6 is 0 Å². The average molecular weight is 205 g/mol. The number of pyridine rings is 1. The van der Waals surface area contributed by atoms with Crippen LogP contribution in [0.2, 0.25) is 0 Å². The molecule has 0 spiro atoms. The molecule has 1 N–H and O–H groups in total. The standard InChI is InChI=1S/C11H15N3O/c1-3-4-14-7-10(15)13-9-5-8(2)6-12-11(9)14/h5-6H,3-4,7H2,1-2H3,(H,13,15). The van der Waals surface area contributed by atoms with E-state index in [2.05, 4.69) is 17.2 Å². The van der Waals surface area contributed by atoms with Gasteiger partial charge in [0, 0.05) is 12.7 Å². The third-order valence-corrected chi connectivity index (χ3v) is 2.40. The Morgan fingerprint density at radius 1 is 1.60 bits per heavy atom. The zero-order valence-electron chi connectivity index (χ0n) is 9.08. The van der Waals surface area contributed by atoms with Gasteiger partial charge in [0.2, 0.25) is 5.91 Å². The van der Waals surface area contributed by atoms with Crippen LogP contribution in [0.25, 0.3) is 0 Å². The Kier molecular flexibility index (Phi) is 2.58. The van der Waals surface area contributed by atoms with E-state index in [1.54, 1.807) is 0 Å². The van der Waals surface area contributed by atoms with Crippen molar-refractivity contribution < 1.29 is 4.79 Å². The number of nitrogens with one attached hydrogen (secondary N) is 1. The molecule has 0 atom stereocenters. The second-order valence-corrected chi connectivity index (χ2v) is 3.85. The molecule has 4 heteroatoms. The molecule has 0 fully saturated rings. The summed E-state index contributed by atoms with van der Waals surface area (Å²) >= 11 is 0. The molecule has 2 heterocycles. The Bertz CT molecular complexity index is 389. The minimum Gasteiger partial charge on any atom is -0.346 e. The molecule has 2 rings (SSSR count). The minimum absolute atomic E-state index is 0.0448. The van der Waals surface area contributed by atoms with Gasteiger partial charge in [-0.15, -0.1) is 0 Å². The summed E-state index contributed by atoms with van der Waals surface area (Å²) in [6, 6.07) is 1.96. The summed E-state index contributed by atoms with van der Waals surface area (Å²) in [5.41, 5.74) is 1.90. The van der Waals surface area contributed by atoms with E-state index >= 15 is 0 Å². The fourth-order valence-electron chi connectivity index (χ4n) is 1.80. The van der Waals surface area contributed by atoms with Crippen molar-refractivity contribution in [3.05, 3.63) is 17.8 Å². The quantitative estimate of drug-likeness (QED) is 0.797. The van der Waals surface area contributed by atoms with E-state index in [9.17, 15) is 4.79 Å². The molecule has 0 aromatic carbocycles. The van der Waals surface area contributed by atoms with Crippen molar-refractivity contribution in [2.45, 2.75) is 20.3 Å². The van der Waals surface area contributed by atoms with E-state index < -0.39 is 0 Å². The molecule has 0 bridgehead atoms. The van der Waals surface area contributed by atoms with Crippen molar-refractivity contribution in [3.63, 3.8) is 0 Å². The van der Waals surface area contributed by atoms with Crippen LogP contribution in [0, 0.1) is 6.92 Å². The Morgan fingerprint density at radius 3 is 3.13 bits per heavy atom. The molecule has 0 aliphatic carbocycles. The van der Waals surface area contributed by atoms with Crippen LogP contribution in [0.5, 0.6) is 0 Å². The molecule has 4 nitrogen and oxygen atoms in total. The van der Waals surface area contributed by atoms with E-state index in [4.69, 9.17) is 0 Å². The SMILES string of the molecule is CCCN1CC(=O)Nc2cc(C)cnc21. The number of amides is 1. The number of nitrogens with zero attached hydrogens (tertiary/aromatic N) is 2. The lowest BCUT2D eigenvalue weighted by molar-refractivity contribution is -0.115. The Hall–Kier alpha value is -1.58. The van der Waals surface area contributed by atoms with E-state index in [0.29, 0.717) is 6.54 Å². The Labute approximate surface area is 89.3 Å². The third kappa shape index (κ3) is 1.93. The number of aromatic nitrogens is 1. The van der Waals surface area contributed by atoms with Crippen molar-refractivity contribution in [2.24, 2.45) is 0 Å². The van der Waals surface area contributed by atoms with Gasteiger partial charge in [-0.05, 0) is 25.0 Å². The first kappa shape index (κ1) is 9.96. The molecule has 80 valence electrons. The van der Waals surface area contributed by atoms with Crippen LogP contribution in [0.1, 0.15) is 18.9 Å². The monoisotopic (exact) mass is 205 g/mol. The van der Waals surface area contributed by atoms with Gasteiger partial charge in [0.05, 0.1) is 12.2 Å². The summed E-state index contributed by atoms with van der Waals surface area (Å²) in [5.74, 6) is 0.936. The Balaban J connectivity index is 2.37. The molecule has 1 aliphatic heterocycles. The van der Waals surface area contributed by atoms with Crippen LogP contribution in [-0.4, -0.2) is 24.0 Å². The number of rotatable bonds is 2. The van der Waals surface area contributed by atoms with Crippen molar-refractivity contribution in [1.82, 2.24) is 4.98 Å². The largest absolute Gasteiger partial charge is 0.346 e. The van der Waals surface area contributed by atoms with E-state index in [0.717, 1.165) is 30.0 Å². The maximum absolute atomic E-state index is 11.4. The first-order valence-corrected chi connectivity index (χ1v) is 5.22. The van der Waals surface area contributed by atoms with Crippen LogP contribution in [-0.2, 0) is 4.79 Å². The van der Waals surface area contributed by atoms with Gasteiger partial charge in [0.1, 0.15) is 0 Å². The summed E-state index contributed by atoms with van der Waals surface area (Å²) in [6.45, 7) is 5.35. The number of carbonyl (C=O) groups is 1. The number of hydrogen-bond acceptors (Lipinski definition) is 3. The minimum atomic E-state index is 0.0448. The van der Waals surface area contributed by atoms with E-state index in [-0.39, 0.29) is 5.91 Å². The lowest BCUT2D eigenvalue weighted by atomic mass is 10.2. The van der Waals surface area contributed by atoms with Crippen LogP contribution in [0.15, 0.2) is 12.3 Å². The highest BCUT2D eigenvalue weighted by Gasteiger charge is 2.22. The van der Waals surface area contributed by atoms with Crippen LogP contribution in [0.3, 0.4) is 0 Å². The third-order valence-electron chi connectivity index (χ3n) is 2.40. The number of carbonyl (C=O) groups excluding carboxylic acids is 1. The summed E-state index contributed by atoms with van der Waals surface area (Å²) in [5, 5.41) is 2.85. The lowest BCUT2D eigenvalue weighted by Gasteiger charge is -2.29. The highest BCUT2D eigenvalue weighted by atomic mass is 16.2. The molecule has 0 saturated heterocycles. The Morgan fingerprint density at radius 2 is 2.40 bits per heavy atom. The topological polar surface area (TPSA) is 45.2 Å². The fourth-order valence-corrected chi connectivity index (χ4v) is 1.80. The van der Waals surface area contributed by atoms with Gasteiger partial charge in [0.25, 0.3) is 0 Å². The van der Waals surface area contributed by atoms with Gasteiger partial charge in [-0.1, -0.05) is 6.92 Å². The lowest BCUT2D eigenvalue weighted by Crippen LogP contribution is -2.39. The second-order valence-electron chi connectivity index (χ2n) is 3.85. The van der Waals surface area contributed by atoms with Crippen LogP contribution < -0.4 is 10.2 Å². The number of fused-ring (bicyclic) bond motifs is 1. The molecular formula is C11H15N3O. The highest BCUT2D eigenvalue weighted by Crippen LogP contribution is 2.27. The van der Waals surface area contributed by atoms with Gasteiger partial charge in [-0.3, -0.25) is 4.79 Å². The van der Waals surface area contributed by atoms with Gasteiger partial charge in [-0.25, -0.2) is 4.98 Å². The maximum atomic E-state index is 11.4. The van der Waals surface area contributed by atoms with Crippen molar-refractivity contribution >= 4 is 17.4 Å².